The molecule has 17 nitrogen and oxygen atoms in total. The number of aromatic nitrogens is 2. The Morgan fingerprint density at radius 1 is 0.208 bits per heavy atom. The van der Waals surface area contributed by atoms with Gasteiger partial charge in [-0.2, -0.15) is 11.8 Å². The van der Waals surface area contributed by atoms with E-state index in [1.165, 1.54) is 265 Å². The number of ether oxygens (including phenoxy) is 2. The number of thioether (sulfide) groups is 1. The first kappa shape index (κ1) is 119. The van der Waals surface area contributed by atoms with Crippen LogP contribution in [0.3, 0.4) is 0 Å². The molecule has 0 aliphatic carbocycles. The minimum atomic E-state index is 0. The quantitative estimate of drug-likeness (QED) is 0.231. The number of hydrogen-bond donors (Lipinski definition) is 0. The summed E-state index contributed by atoms with van der Waals surface area (Å²) in [6.45, 7) is 118. The predicted molar refractivity (Wildman–Crippen MR) is 536 cm³/mol. The molecule has 0 atom stereocenters. The lowest BCUT2D eigenvalue weighted by Crippen LogP contribution is -2.52. The molecule has 0 radical (unpaired) electrons. The molecular weight excluding hydrogens is 1500 g/mol. The number of morpholine rings is 1. The normalized spacial score (nSPS) is 22.2. The van der Waals surface area contributed by atoms with Crippen molar-refractivity contribution >= 4 is 11.8 Å². The number of piperidine rings is 1. The average molecular weight is 1720 g/mol. The van der Waals surface area contributed by atoms with Crippen LogP contribution < -0.4 is 0 Å². The van der Waals surface area contributed by atoms with Crippen LogP contribution in [0.4, 0.5) is 0 Å². The molecule has 11 aliphatic rings. The van der Waals surface area contributed by atoms with Crippen molar-refractivity contribution in [3.05, 3.63) is 18.7 Å². The summed E-state index contributed by atoms with van der Waals surface area (Å²) in [5.74, 6) is 2.63. The molecule has 0 bridgehead atoms. The molecule has 120 heavy (non-hydrogen) atoms. The van der Waals surface area contributed by atoms with E-state index in [-0.39, 0.29) is 13.0 Å². The second-order valence-corrected chi connectivity index (χ2v) is 49.2. The number of rotatable bonds is 0. The van der Waals surface area contributed by atoms with E-state index in [9.17, 15) is 0 Å². The van der Waals surface area contributed by atoms with Crippen LogP contribution in [0.1, 0.15) is 359 Å². The maximum Gasteiger partial charge on any atom is 0.0950 e. The second kappa shape index (κ2) is 57.2. The minimum Gasteiger partial charge on any atom is -0.380 e. The SMILES string of the molecule is C.CC(C)(C)N1CC1.CC(C)(C)N1CCC1.CC(C)(C)N1CCCC1.CC(C)(C)N1CCCCC1.CC(C)(C)N1CCCCCC1.CC(C)(C)N1CCCCCC1.CC(C)(C)N1CCCOCC1.CC(C)(C)N1CCOCC1.CC(C)(C)N1CCSCC1.CC(C)(C)n1ccnc1.CN1CCCN(C(C)(C)C)CC1.CN1CCN(C(C)(C)C)CC1. The minimum absolute atomic E-state index is 0. The molecular formula is C102H217N15O2S. The fraction of sp³-hybridized carbons (Fsp3) is 0.971. The molecule has 0 N–H and O–H groups in total. The van der Waals surface area contributed by atoms with Crippen molar-refractivity contribution in [2.75, 3.05) is 222 Å². The third-order valence-electron chi connectivity index (χ3n) is 25.2. The Kier molecular flexibility index (Phi) is 56.7. The molecule has 0 amide bonds. The van der Waals surface area contributed by atoms with Crippen molar-refractivity contribution in [2.45, 2.75) is 426 Å². The Morgan fingerprint density at radius 2 is 0.408 bits per heavy atom. The molecule has 18 heteroatoms. The van der Waals surface area contributed by atoms with E-state index >= 15 is 0 Å². The molecule has 1 aromatic heterocycles. The first-order valence-electron chi connectivity index (χ1n) is 48.9. The van der Waals surface area contributed by atoms with Gasteiger partial charge >= 0.3 is 0 Å². The maximum absolute atomic E-state index is 5.38. The number of likely N-dealkylation sites (N-methyl/N-ethyl adjacent to an activating group) is 2. The first-order valence-corrected chi connectivity index (χ1v) is 50.1. The van der Waals surface area contributed by atoms with Crippen LogP contribution in [0.15, 0.2) is 18.7 Å². The van der Waals surface area contributed by atoms with Crippen LogP contribution in [-0.2, 0) is 15.0 Å². The van der Waals surface area contributed by atoms with Gasteiger partial charge in [0.25, 0.3) is 0 Å². The molecule has 0 aromatic carbocycles. The molecule has 12 rings (SSSR count). The lowest BCUT2D eigenvalue weighted by molar-refractivity contribution is -0.00389. The smallest absolute Gasteiger partial charge is 0.0950 e. The average Bonchev–Trinajstić information content (AvgIpc) is 1.15. The number of piperazine rings is 1. The summed E-state index contributed by atoms with van der Waals surface area (Å²) in [6, 6.07) is 0. The van der Waals surface area contributed by atoms with Crippen molar-refractivity contribution in [2.24, 2.45) is 0 Å². The highest BCUT2D eigenvalue weighted by Gasteiger charge is 2.32. The third kappa shape index (κ3) is 57.1. The molecule has 0 spiro atoms. The van der Waals surface area contributed by atoms with Crippen molar-refractivity contribution < 1.29 is 9.47 Å². The van der Waals surface area contributed by atoms with Crippen LogP contribution in [0.25, 0.3) is 0 Å². The lowest BCUT2D eigenvalue weighted by Gasteiger charge is -2.42. The largest absolute Gasteiger partial charge is 0.380 e. The summed E-state index contributed by atoms with van der Waals surface area (Å²) in [7, 11) is 4.41. The van der Waals surface area contributed by atoms with Crippen LogP contribution in [-0.4, -0.2) is 356 Å². The first-order chi connectivity index (χ1) is 54.5. The summed E-state index contributed by atoms with van der Waals surface area (Å²) in [5, 5.41) is 0. The van der Waals surface area contributed by atoms with E-state index in [0.29, 0.717) is 60.9 Å². The topological polar surface area (TPSA) is 78.2 Å². The van der Waals surface area contributed by atoms with E-state index in [1.54, 1.807) is 6.20 Å². The van der Waals surface area contributed by atoms with E-state index in [0.717, 1.165) is 46.1 Å². The third-order valence-corrected chi connectivity index (χ3v) is 26.1. The van der Waals surface area contributed by atoms with Gasteiger partial charge in [0.1, 0.15) is 0 Å². The van der Waals surface area contributed by atoms with E-state index in [4.69, 9.17) is 9.47 Å². The standard InChI is InChI=1S/C10H22N2.2C10H21N.C9H20N2.C9H19NO.C9H19N.C8H17NO.C8H17NS.C8H17N.C7H12N2.C7H15N.C6H13N.CH4/c1-10(2,3)12-7-5-6-11(4)8-9-12;2*1-10(2,3)11-8-6-4-5-7-9-11;1-9(2,3)11-7-5-10(4)6-8-11;1-9(2,3)10-5-4-7-11-8-6-10;1-9(2,3)10-7-5-4-6-8-10;2*1-8(2,3)9-4-6-10-7-5-9;1-8(2,3)9-6-4-5-7-9;1-7(2,3)9-5-4-8-6-9;1-7(2,3)8-5-4-6-8;1-6(2,3)7-4-5-7;/h5-9H2,1-4H3;2*4-9H2,1-3H3;5-8H2,1-4H3;4-8H2,1-3H3;4-8H2,1-3H3;2*4-7H2,1-3H3;4-7H2,1-3H3;4-6H,1-3H3;4-6H2,1-3H3;4-5H2,1-3H3;1H4. The van der Waals surface area contributed by atoms with Crippen LogP contribution >= 0.6 is 11.8 Å². The highest BCUT2D eigenvalue weighted by atomic mass is 32.2. The molecule has 11 saturated heterocycles. The van der Waals surface area contributed by atoms with Gasteiger partial charge in [0, 0.05) is 189 Å². The predicted octanol–water partition coefficient (Wildman–Crippen LogP) is 21.3. The number of imidazole rings is 1. The molecule has 1 aromatic rings. The molecule has 718 valence electrons. The Balaban J connectivity index is 0.00000129. The molecule has 0 saturated carbocycles. The second-order valence-electron chi connectivity index (χ2n) is 48.0. The van der Waals surface area contributed by atoms with Crippen molar-refractivity contribution in [1.29, 1.82) is 0 Å². The maximum atomic E-state index is 5.38. The van der Waals surface area contributed by atoms with Crippen LogP contribution in [0.5, 0.6) is 0 Å². The highest BCUT2D eigenvalue weighted by molar-refractivity contribution is 7.99. The van der Waals surface area contributed by atoms with Gasteiger partial charge in [-0.05, 0) is 413 Å². The molecule has 11 aliphatic heterocycles. The monoisotopic (exact) mass is 1720 g/mol. The lowest BCUT2D eigenvalue weighted by atomic mass is 10.0. The Labute approximate surface area is 756 Å². The van der Waals surface area contributed by atoms with Gasteiger partial charge in [0.15, 0.2) is 0 Å². The Morgan fingerprint density at radius 3 is 0.642 bits per heavy atom. The van der Waals surface area contributed by atoms with Gasteiger partial charge < -0.3 is 23.8 Å². The zero-order chi connectivity index (χ0) is 91.0. The number of hydrogen-bond acceptors (Lipinski definition) is 17. The van der Waals surface area contributed by atoms with Gasteiger partial charge in [-0.25, -0.2) is 4.98 Å². The van der Waals surface area contributed by atoms with Crippen LogP contribution in [0, 0.1) is 0 Å². The van der Waals surface area contributed by atoms with Gasteiger partial charge in [-0.1, -0.05) is 39.5 Å². The number of likely N-dealkylation sites (tertiary alicyclic amines) is 5. The summed E-state index contributed by atoms with van der Waals surface area (Å²) in [6.07, 6.45) is 27.9. The summed E-state index contributed by atoms with van der Waals surface area (Å²) in [4.78, 5) is 36.7. The van der Waals surface area contributed by atoms with E-state index < -0.39 is 0 Å². The van der Waals surface area contributed by atoms with Crippen LogP contribution in [0.2, 0.25) is 0 Å². The number of nitrogens with zero attached hydrogens (tertiary/aromatic N) is 15. The van der Waals surface area contributed by atoms with Gasteiger partial charge in [0.05, 0.1) is 26.1 Å². The molecule has 0 unspecified atom stereocenters. The van der Waals surface area contributed by atoms with Gasteiger partial charge in [-0.15, -0.1) is 0 Å². The highest BCUT2D eigenvalue weighted by Crippen LogP contribution is 2.27. The fourth-order valence-corrected chi connectivity index (χ4v) is 16.8. The zero-order valence-corrected chi connectivity index (χ0v) is 88.4. The van der Waals surface area contributed by atoms with Crippen molar-refractivity contribution in [1.82, 2.24) is 73.2 Å². The Hall–Kier alpha value is -1.04. The molecule has 11 fully saturated rings. The summed E-state index contributed by atoms with van der Waals surface area (Å²) in [5.41, 5.74) is 4.39. The molecule has 12 heterocycles. The van der Waals surface area contributed by atoms with Crippen molar-refractivity contribution in [3.8, 4) is 0 Å². The van der Waals surface area contributed by atoms with Gasteiger partial charge in [-0.3, -0.25) is 53.9 Å². The van der Waals surface area contributed by atoms with E-state index in [2.05, 4.69) is 348 Å². The van der Waals surface area contributed by atoms with Gasteiger partial charge in [0.2, 0.25) is 0 Å². The summed E-state index contributed by atoms with van der Waals surface area (Å²) >= 11 is 2.07. The summed E-state index contributed by atoms with van der Waals surface area (Å²) < 4.78 is 12.7. The zero-order valence-electron chi connectivity index (χ0n) is 87.6. The fourth-order valence-electron chi connectivity index (χ4n) is 15.9. The van der Waals surface area contributed by atoms with Crippen molar-refractivity contribution in [3.63, 3.8) is 0 Å². The Bertz CT molecular complexity index is 2410. The van der Waals surface area contributed by atoms with E-state index in [1.807, 2.05) is 12.5 Å².